The van der Waals surface area contributed by atoms with Crippen molar-refractivity contribution in [3.8, 4) is 5.75 Å². The summed E-state index contributed by atoms with van der Waals surface area (Å²) in [5, 5.41) is 12.0. The van der Waals surface area contributed by atoms with E-state index in [1.54, 1.807) is 38.1 Å². The van der Waals surface area contributed by atoms with Crippen molar-refractivity contribution in [2.45, 2.75) is 26.2 Å². The molecule has 1 heterocycles. The first-order valence-corrected chi connectivity index (χ1v) is 7.87. The molecular formula is C17H19NO4S. The number of carbonyl (C=O) groups is 2. The van der Waals surface area contributed by atoms with Crippen LogP contribution < -0.4 is 10.1 Å². The molecule has 2 aromatic rings. The van der Waals surface area contributed by atoms with Crippen LogP contribution in [-0.2, 0) is 10.2 Å². The van der Waals surface area contributed by atoms with Gasteiger partial charge in [-0.2, -0.15) is 0 Å². The average Bonchev–Trinajstić information content (AvgIpc) is 2.89. The van der Waals surface area contributed by atoms with Gasteiger partial charge in [0.05, 0.1) is 12.5 Å². The number of hydrogen-bond donors (Lipinski definition) is 2. The third-order valence-electron chi connectivity index (χ3n) is 3.65. The lowest BCUT2D eigenvalue weighted by molar-refractivity contribution is -0.142. The summed E-state index contributed by atoms with van der Waals surface area (Å²) < 4.78 is 5.20. The number of carboxylic acid groups (broad SMARTS) is 1. The first-order chi connectivity index (χ1) is 10.8. The molecule has 0 aliphatic heterocycles. The van der Waals surface area contributed by atoms with Crippen LogP contribution in [0.2, 0.25) is 0 Å². The van der Waals surface area contributed by atoms with Crippen LogP contribution in [0.25, 0.3) is 0 Å². The number of nitrogens with one attached hydrogen (secondary N) is 1. The SMILES string of the molecule is COc1cc(C)sc1C(=O)Nc1ccc(C(C)(C)C(=O)O)cc1. The van der Waals surface area contributed by atoms with E-state index in [0.717, 1.165) is 4.88 Å². The molecule has 1 aromatic carbocycles. The Morgan fingerprint density at radius 1 is 1.22 bits per heavy atom. The lowest BCUT2D eigenvalue weighted by Gasteiger charge is -2.19. The summed E-state index contributed by atoms with van der Waals surface area (Å²) in [6, 6.07) is 8.63. The Morgan fingerprint density at radius 2 is 1.83 bits per heavy atom. The molecule has 0 bridgehead atoms. The van der Waals surface area contributed by atoms with Crippen LogP contribution in [-0.4, -0.2) is 24.1 Å². The van der Waals surface area contributed by atoms with Crippen molar-refractivity contribution in [1.82, 2.24) is 0 Å². The summed E-state index contributed by atoms with van der Waals surface area (Å²) in [5.74, 6) is -0.591. The molecular weight excluding hydrogens is 314 g/mol. The molecule has 0 saturated carbocycles. The Hall–Kier alpha value is -2.34. The number of amides is 1. The summed E-state index contributed by atoms with van der Waals surface area (Å²) in [6.07, 6.45) is 0. The van der Waals surface area contributed by atoms with E-state index in [2.05, 4.69) is 5.32 Å². The molecule has 0 unspecified atom stereocenters. The van der Waals surface area contributed by atoms with Gasteiger partial charge in [0.2, 0.25) is 0 Å². The maximum Gasteiger partial charge on any atom is 0.313 e. The third-order valence-corrected chi connectivity index (χ3v) is 4.68. The van der Waals surface area contributed by atoms with E-state index in [-0.39, 0.29) is 5.91 Å². The molecule has 2 N–H and O–H groups in total. The summed E-state index contributed by atoms with van der Waals surface area (Å²) in [7, 11) is 1.53. The standard InChI is InChI=1S/C17H19NO4S/c1-10-9-13(22-4)14(23-10)15(19)18-12-7-5-11(6-8-12)17(2,3)16(20)21/h5-9H,1-4H3,(H,18,19)(H,20,21). The number of methoxy groups -OCH3 is 1. The van der Waals surface area contributed by atoms with Gasteiger partial charge in [0.25, 0.3) is 5.91 Å². The van der Waals surface area contributed by atoms with E-state index in [9.17, 15) is 14.7 Å². The number of anilines is 1. The molecule has 0 spiro atoms. The highest BCUT2D eigenvalue weighted by atomic mass is 32.1. The second-order valence-electron chi connectivity index (χ2n) is 5.72. The van der Waals surface area contributed by atoms with Gasteiger partial charge in [-0.05, 0) is 44.5 Å². The molecule has 0 radical (unpaired) electrons. The summed E-state index contributed by atoms with van der Waals surface area (Å²) >= 11 is 1.36. The van der Waals surface area contributed by atoms with Crippen LogP contribution in [0.5, 0.6) is 5.75 Å². The van der Waals surface area contributed by atoms with Gasteiger partial charge in [-0.1, -0.05) is 12.1 Å². The van der Waals surface area contributed by atoms with Crippen molar-refractivity contribution in [3.05, 3.63) is 45.6 Å². The molecule has 1 amide bonds. The van der Waals surface area contributed by atoms with Crippen LogP contribution in [0.1, 0.15) is 34.0 Å². The van der Waals surface area contributed by atoms with Gasteiger partial charge >= 0.3 is 5.97 Å². The molecule has 6 heteroatoms. The fraction of sp³-hybridized carbons (Fsp3) is 0.294. The zero-order chi connectivity index (χ0) is 17.2. The summed E-state index contributed by atoms with van der Waals surface area (Å²) in [6.45, 7) is 5.19. The van der Waals surface area contributed by atoms with Gasteiger partial charge in [-0.25, -0.2) is 0 Å². The van der Waals surface area contributed by atoms with Gasteiger partial charge in [0, 0.05) is 10.6 Å². The number of benzene rings is 1. The molecule has 5 nitrogen and oxygen atoms in total. The fourth-order valence-corrected chi connectivity index (χ4v) is 2.96. The Bertz CT molecular complexity index is 732. The molecule has 0 aliphatic carbocycles. The minimum absolute atomic E-state index is 0.245. The summed E-state index contributed by atoms with van der Waals surface area (Å²) in [4.78, 5) is 25.1. The molecule has 0 aliphatic rings. The van der Waals surface area contributed by atoms with Crippen molar-refractivity contribution in [1.29, 1.82) is 0 Å². The van der Waals surface area contributed by atoms with Gasteiger partial charge in [-0.15, -0.1) is 11.3 Å². The van der Waals surface area contributed by atoms with Crippen molar-refractivity contribution in [2.75, 3.05) is 12.4 Å². The predicted molar refractivity (Wildman–Crippen MR) is 90.7 cm³/mol. The lowest BCUT2D eigenvalue weighted by Crippen LogP contribution is -2.28. The van der Waals surface area contributed by atoms with Crippen LogP contribution in [0, 0.1) is 6.92 Å². The minimum Gasteiger partial charge on any atom is -0.495 e. The first-order valence-electron chi connectivity index (χ1n) is 7.05. The van der Waals surface area contributed by atoms with E-state index < -0.39 is 11.4 Å². The monoisotopic (exact) mass is 333 g/mol. The smallest absolute Gasteiger partial charge is 0.313 e. The van der Waals surface area contributed by atoms with Gasteiger partial charge in [0.15, 0.2) is 0 Å². The van der Waals surface area contributed by atoms with Gasteiger partial charge in [0.1, 0.15) is 10.6 Å². The Labute approximate surface area is 138 Å². The van der Waals surface area contributed by atoms with E-state index >= 15 is 0 Å². The number of ether oxygens (including phenoxy) is 1. The number of aliphatic carboxylic acids is 1. The number of aryl methyl sites for hydroxylation is 1. The molecule has 0 saturated heterocycles. The van der Waals surface area contributed by atoms with Crippen LogP contribution in [0.3, 0.4) is 0 Å². The van der Waals surface area contributed by atoms with Gasteiger partial charge < -0.3 is 15.2 Å². The van der Waals surface area contributed by atoms with Crippen molar-refractivity contribution < 1.29 is 19.4 Å². The number of thiophene rings is 1. The maximum absolute atomic E-state index is 12.3. The lowest BCUT2D eigenvalue weighted by atomic mass is 9.85. The van der Waals surface area contributed by atoms with E-state index in [1.807, 2.05) is 13.0 Å². The highest BCUT2D eigenvalue weighted by molar-refractivity contribution is 7.14. The fourth-order valence-electron chi connectivity index (χ4n) is 2.08. The second-order valence-corrected chi connectivity index (χ2v) is 6.97. The highest BCUT2D eigenvalue weighted by Crippen LogP contribution is 2.30. The second kappa shape index (κ2) is 6.42. The summed E-state index contributed by atoms with van der Waals surface area (Å²) in [5.41, 5.74) is 0.303. The van der Waals surface area contributed by atoms with E-state index in [4.69, 9.17) is 4.74 Å². The topological polar surface area (TPSA) is 75.6 Å². The van der Waals surface area contributed by atoms with Crippen molar-refractivity contribution >= 4 is 28.9 Å². The van der Waals surface area contributed by atoms with Crippen LogP contribution in [0.15, 0.2) is 30.3 Å². The molecule has 23 heavy (non-hydrogen) atoms. The van der Waals surface area contributed by atoms with Crippen molar-refractivity contribution in [2.24, 2.45) is 0 Å². The molecule has 122 valence electrons. The Balaban J connectivity index is 2.18. The number of carboxylic acids is 1. The largest absolute Gasteiger partial charge is 0.495 e. The highest BCUT2D eigenvalue weighted by Gasteiger charge is 2.29. The number of hydrogen-bond acceptors (Lipinski definition) is 4. The van der Waals surface area contributed by atoms with Crippen LogP contribution in [0.4, 0.5) is 5.69 Å². The zero-order valence-corrected chi connectivity index (χ0v) is 14.3. The van der Waals surface area contributed by atoms with E-state index in [0.29, 0.717) is 21.9 Å². The molecule has 2 rings (SSSR count). The van der Waals surface area contributed by atoms with Gasteiger partial charge in [-0.3, -0.25) is 9.59 Å². The Kier molecular flexibility index (Phi) is 4.75. The number of carbonyl (C=O) groups excluding carboxylic acids is 1. The Morgan fingerprint density at radius 3 is 2.35 bits per heavy atom. The third kappa shape index (κ3) is 3.53. The average molecular weight is 333 g/mol. The van der Waals surface area contributed by atoms with Crippen LogP contribution >= 0.6 is 11.3 Å². The number of rotatable bonds is 5. The maximum atomic E-state index is 12.3. The van der Waals surface area contributed by atoms with E-state index in [1.165, 1.54) is 18.4 Å². The molecule has 0 atom stereocenters. The quantitative estimate of drug-likeness (QED) is 0.875. The predicted octanol–water partition coefficient (Wildman–Crippen LogP) is 3.68. The molecule has 0 fully saturated rings. The van der Waals surface area contributed by atoms with Crippen molar-refractivity contribution in [3.63, 3.8) is 0 Å². The first kappa shape index (κ1) is 17.0. The minimum atomic E-state index is -0.976. The zero-order valence-electron chi connectivity index (χ0n) is 13.5. The molecule has 1 aromatic heterocycles. The normalized spacial score (nSPS) is 11.1.